The molecule has 0 aliphatic carbocycles. The SMILES string of the molecule is CC(C)C[C@H](N)C(=O)Nc1cccc(CCC(=O)O)c1. The van der Waals surface area contributed by atoms with Gasteiger partial charge in [0, 0.05) is 12.1 Å². The third kappa shape index (κ3) is 5.84. The van der Waals surface area contributed by atoms with Gasteiger partial charge in [-0.1, -0.05) is 26.0 Å². The minimum absolute atomic E-state index is 0.0737. The number of carboxylic acids is 1. The van der Waals surface area contributed by atoms with E-state index in [1.54, 1.807) is 18.2 Å². The summed E-state index contributed by atoms with van der Waals surface area (Å²) in [6.07, 6.45) is 1.14. The van der Waals surface area contributed by atoms with Gasteiger partial charge in [0.25, 0.3) is 0 Å². The number of nitrogens with one attached hydrogen (secondary N) is 1. The van der Waals surface area contributed by atoms with E-state index in [4.69, 9.17) is 10.8 Å². The maximum absolute atomic E-state index is 11.9. The Morgan fingerprint density at radius 1 is 1.35 bits per heavy atom. The van der Waals surface area contributed by atoms with Gasteiger partial charge in [-0.25, -0.2) is 0 Å². The van der Waals surface area contributed by atoms with Crippen LogP contribution in [0.25, 0.3) is 0 Å². The molecule has 110 valence electrons. The van der Waals surface area contributed by atoms with Crippen LogP contribution in [0, 0.1) is 5.92 Å². The number of carbonyl (C=O) groups is 2. The molecule has 1 aromatic carbocycles. The molecule has 0 radical (unpaired) electrons. The van der Waals surface area contributed by atoms with E-state index in [0.29, 0.717) is 24.4 Å². The van der Waals surface area contributed by atoms with Gasteiger partial charge >= 0.3 is 5.97 Å². The van der Waals surface area contributed by atoms with Crippen LogP contribution in [0.4, 0.5) is 5.69 Å². The number of anilines is 1. The Morgan fingerprint density at radius 2 is 2.05 bits per heavy atom. The first-order valence-corrected chi connectivity index (χ1v) is 6.75. The van der Waals surface area contributed by atoms with Crippen molar-refractivity contribution >= 4 is 17.6 Å². The van der Waals surface area contributed by atoms with Gasteiger partial charge in [0.15, 0.2) is 0 Å². The molecule has 5 heteroatoms. The van der Waals surface area contributed by atoms with Crippen LogP contribution in [0.2, 0.25) is 0 Å². The first-order valence-electron chi connectivity index (χ1n) is 6.75. The lowest BCUT2D eigenvalue weighted by Gasteiger charge is -2.14. The van der Waals surface area contributed by atoms with E-state index in [9.17, 15) is 9.59 Å². The molecule has 5 nitrogen and oxygen atoms in total. The van der Waals surface area contributed by atoms with Gasteiger partial charge in [-0.05, 0) is 36.5 Å². The lowest BCUT2D eigenvalue weighted by atomic mass is 10.0. The number of carbonyl (C=O) groups excluding carboxylic acids is 1. The molecule has 0 aromatic heterocycles. The van der Waals surface area contributed by atoms with E-state index in [-0.39, 0.29) is 12.3 Å². The lowest BCUT2D eigenvalue weighted by Crippen LogP contribution is -2.36. The van der Waals surface area contributed by atoms with Crippen LogP contribution < -0.4 is 11.1 Å². The second kappa shape index (κ2) is 7.65. The molecule has 0 spiro atoms. The topological polar surface area (TPSA) is 92.4 Å². The van der Waals surface area contributed by atoms with Crippen LogP contribution in [0.5, 0.6) is 0 Å². The molecule has 0 aliphatic heterocycles. The summed E-state index contributed by atoms with van der Waals surface area (Å²) >= 11 is 0. The van der Waals surface area contributed by atoms with Gasteiger partial charge in [0.1, 0.15) is 0 Å². The van der Waals surface area contributed by atoms with Crippen molar-refractivity contribution in [3.63, 3.8) is 0 Å². The quantitative estimate of drug-likeness (QED) is 0.711. The highest BCUT2D eigenvalue weighted by atomic mass is 16.4. The summed E-state index contributed by atoms with van der Waals surface area (Å²) in [4.78, 5) is 22.4. The summed E-state index contributed by atoms with van der Waals surface area (Å²) in [5.41, 5.74) is 7.34. The van der Waals surface area contributed by atoms with Crippen molar-refractivity contribution in [1.82, 2.24) is 0 Å². The van der Waals surface area contributed by atoms with Crippen LogP contribution in [0.3, 0.4) is 0 Å². The van der Waals surface area contributed by atoms with Gasteiger partial charge in [0.2, 0.25) is 5.91 Å². The molecule has 1 amide bonds. The van der Waals surface area contributed by atoms with Crippen molar-refractivity contribution < 1.29 is 14.7 Å². The third-order valence-electron chi connectivity index (χ3n) is 2.88. The number of amides is 1. The highest BCUT2D eigenvalue weighted by Gasteiger charge is 2.15. The zero-order valence-corrected chi connectivity index (χ0v) is 11.9. The predicted molar refractivity (Wildman–Crippen MR) is 78.5 cm³/mol. The monoisotopic (exact) mass is 278 g/mol. The fourth-order valence-electron chi connectivity index (χ4n) is 1.91. The predicted octanol–water partition coefficient (Wildman–Crippen LogP) is 2.02. The van der Waals surface area contributed by atoms with E-state index < -0.39 is 12.0 Å². The number of aryl methyl sites for hydroxylation is 1. The molecule has 4 N–H and O–H groups in total. The molecule has 1 aromatic rings. The minimum atomic E-state index is -0.835. The number of benzene rings is 1. The summed E-state index contributed by atoms with van der Waals surface area (Å²) in [5, 5.41) is 11.4. The van der Waals surface area contributed by atoms with Gasteiger partial charge in [-0.2, -0.15) is 0 Å². The Kier molecular flexibility index (Phi) is 6.18. The van der Waals surface area contributed by atoms with Gasteiger partial charge in [-0.3, -0.25) is 9.59 Å². The highest BCUT2D eigenvalue weighted by molar-refractivity contribution is 5.94. The van der Waals surface area contributed by atoms with Crippen LogP contribution >= 0.6 is 0 Å². The van der Waals surface area contributed by atoms with Crippen molar-refractivity contribution in [2.24, 2.45) is 11.7 Å². The number of rotatable bonds is 7. The Morgan fingerprint density at radius 3 is 2.65 bits per heavy atom. The smallest absolute Gasteiger partial charge is 0.303 e. The Balaban J connectivity index is 2.61. The lowest BCUT2D eigenvalue weighted by molar-refractivity contribution is -0.137. The largest absolute Gasteiger partial charge is 0.481 e. The van der Waals surface area contributed by atoms with Gasteiger partial charge < -0.3 is 16.2 Å². The fourth-order valence-corrected chi connectivity index (χ4v) is 1.91. The van der Waals surface area contributed by atoms with E-state index in [1.165, 1.54) is 0 Å². The van der Waals surface area contributed by atoms with E-state index >= 15 is 0 Å². The summed E-state index contributed by atoms with van der Waals surface area (Å²) in [6, 6.07) is 6.65. The Bertz CT molecular complexity index is 472. The molecule has 0 heterocycles. The summed E-state index contributed by atoms with van der Waals surface area (Å²) in [7, 11) is 0. The second-order valence-electron chi connectivity index (χ2n) is 5.32. The number of hydrogen-bond acceptors (Lipinski definition) is 3. The molecular weight excluding hydrogens is 256 g/mol. The summed E-state index contributed by atoms with van der Waals surface area (Å²) < 4.78 is 0. The molecule has 1 rings (SSSR count). The fraction of sp³-hybridized carbons (Fsp3) is 0.467. The van der Waals surface area contributed by atoms with Crippen LogP contribution in [-0.2, 0) is 16.0 Å². The van der Waals surface area contributed by atoms with E-state index in [0.717, 1.165) is 5.56 Å². The first kappa shape index (κ1) is 16.2. The molecule has 20 heavy (non-hydrogen) atoms. The van der Waals surface area contributed by atoms with Crippen LogP contribution in [0.15, 0.2) is 24.3 Å². The number of nitrogens with two attached hydrogens (primary N) is 1. The molecule has 0 fully saturated rings. The van der Waals surface area contributed by atoms with Crippen molar-refractivity contribution in [3.05, 3.63) is 29.8 Å². The number of carboxylic acid groups (broad SMARTS) is 1. The van der Waals surface area contributed by atoms with E-state index in [2.05, 4.69) is 5.32 Å². The minimum Gasteiger partial charge on any atom is -0.481 e. The van der Waals surface area contributed by atoms with Crippen molar-refractivity contribution in [2.75, 3.05) is 5.32 Å². The Labute approximate surface area is 119 Å². The number of hydrogen-bond donors (Lipinski definition) is 3. The summed E-state index contributed by atoms with van der Waals surface area (Å²) in [6.45, 7) is 4.03. The van der Waals surface area contributed by atoms with Crippen molar-refractivity contribution in [1.29, 1.82) is 0 Å². The second-order valence-corrected chi connectivity index (χ2v) is 5.32. The maximum atomic E-state index is 11.9. The maximum Gasteiger partial charge on any atom is 0.303 e. The zero-order chi connectivity index (χ0) is 15.1. The summed E-state index contributed by atoms with van der Waals surface area (Å²) in [5.74, 6) is -0.690. The zero-order valence-electron chi connectivity index (χ0n) is 11.9. The molecule has 0 saturated carbocycles. The van der Waals surface area contributed by atoms with Gasteiger partial charge in [-0.15, -0.1) is 0 Å². The molecule has 1 atom stereocenters. The molecule has 0 aliphatic rings. The highest BCUT2D eigenvalue weighted by Crippen LogP contribution is 2.13. The van der Waals surface area contributed by atoms with Crippen molar-refractivity contribution in [2.45, 2.75) is 39.2 Å². The Hall–Kier alpha value is -1.88. The van der Waals surface area contributed by atoms with Crippen molar-refractivity contribution in [3.8, 4) is 0 Å². The molecule has 0 unspecified atom stereocenters. The average Bonchev–Trinajstić information content (AvgIpc) is 2.36. The first-order chi connectivity index (χ1) is 9.38. The van der Waals surface area contributed by atoms with E-state index in [1.807, 2.05) is 19.9 Å². The van der Waals surface area contributed by atoms with Gasteiger partial charge in [0.05, 0.1) is 6.04 Å². The molecule has 0 bridgehead atoms. The van der Waals surface area contributed by atoms with Crippen LogP contribution in [0.1, 0.15) is 32.3 Å². The normalized spacial score (nSPS) is 12.2. The third-order valence-corrected chi connectivity index (χ3v) is 2.88. The molecule has 0 saturated heterocycles. The standard InChI is InChI=1S/C15H22N2O3/c1-10(2)8-13(16)15(20)17-12-5-3-4-11(9-12)6-7-14(18)19/h3-5,9-10,13H,6-8,16H2,1-2H3,(H,17,20)(H,18,19)/t13-/m0/s1. The molecular formula is C15H22N2O3. The van der Waals surface area contributed by atoms with Crippen LogP contribution in [-0.4, -0.2) is 23.0 Å². The number of aliphatic carboxylic acids is 1. The average molecular weight is 278 g/mol.